The molecule has 2 fully saturated rings. The molecule has 0 radical (unpaired) electrons. The van der Waals surface area contributed by atoms with E-state index in [2.05, 4.69) is 20.4 Å². The summed E-state index contributed by atoms with van der Waals surface area (Å²) in [5, 5.41) is 7.47. The van der Waals surface area contributed by atoms with Crippen LogP contribution in [0.15, 0.2) is 28.8 Å². The maximum Gasteiger partial charge on any atom is 0.257 e. The number of nitrogens with zero attached hydrogens (tertiary/aromatic N) is 3. The zero-order valence-corrected chi connectivity index (χ0v) is 11.6. The highest BCUT2D eigenvalue weighted by Crippen LogP contribution is 2.27. The molecule has 2 aliphatic rings. The van der Waals surface area contributed by atoms with Gasteiger partial charge >= 0.3 is 0 Å². The lowest BCUT2D eigenvalue weighted by atomic mass is 10.0. The fourth-order valence-electron chi connectivity index (χ4n) is 3.31. The van der Waals surface area contributed by atoms with Gasteiger partial charge in [0.05, 0.1) is 6.54 Å². The highest BCUT2D eigenvalue weighted by molar-refractivity contribution is 5.52. The van der Waals surface area contributed by atoms with Gasteiger partial charge in [-0.05, 0) is 49.2 Å². The van der Waals surface area contributed by atoms with Crippen LogP contribution in [0.3, 0.4) is 0 Å². The minimum atomic E-state index is -0.268. The van der Waals surface area contributed by atoms with Gasteiger partial charge in [-0.2, -0.15) is 4.98 Å². The van der Waals surface area contributed by atoms with Crippen molar-refractivity contribution in [2.45, 2.75) is 6.54 Å². The van der Waals surface area contributed by atoms with Gasteiger partial charge in [-0.1, -0.05) is 5.16 Å². The Morgan fingerprint density at radius 3 is 2.62 bits per heavy atom. The third kappa shape index (κ3) is 2.56. The topological polar surface area (TPSA) is 54.2 Å². The molecule has 0 spiro atoms. The Bertz CT molecular complexity index is 615. The molecule has 2 saturated heterocycles. The predicted molar refractivity (Wildman–Crippen MR) is 74.8 cm³/mol. The second kappa shape index (κ2) is 5.20. The first-order chi connectivity index (χ1) is 10.3. The van der Waals surface area contributed by atoms with E-state index >= 15 is 0 Å². The summed E-state index contributed by atoms with van der Waals surface area (Å²) in [5.74, 6) is 2.39. The van der Waals surface area contributed by atoms with Crippen molar-refractivity contribution < 1.29 is 8.91 Å². The summed E-state index contributed by atoms with van der Waals surface area (Å²) >= 11 is 0. The van der Waals surface area contributed by atoms with Gasteiger partial charge in [0.2, 0.25) is 0 Å². The molecule has 0 saturated carbocycles. The highest BCUT2D eigenvalue weighted by atomic mass is 19.1. The van der Waals surface area contributed by atoms with E-state index in [1.165, 1.54) is 12.1 Å². The molecule has 0 bridgehead atoms. The van der Waals surface area contributed by atoms with E-state index in [0.29, 0.717) is 11.7 Å². The SMILES string of the molecule is Fc1ccc(-c2nc(CN3C[C@H]4CNC[C@H]4C3)no2)cc1. The first-order valence-corrected chi connectivity index (χ1v) is 7.29. The van der Waals surface area contributed by atoms with Gasteiger partial charge in [-0.15, -0.1) is 0 Å². The van der Waals surface area contributed by atoms with E-state index in [-0.39, 0.29) is 5.82 Å². The molecule has 0 aliphatic carbocycles. The van der Waals surface area contributed by atoms with Crippen LogP contribution in [0.5, 0.6) is 0 Å². The molecular weight excluding hydrogens is 271 g/mol. The molecule has 1 aromatic heterocycles. The fraction of sp³-hybridized carbons (Fsp3) is 0.467. The fourth-order valence-corrected chi connectivity index (χ4v) is 3.31. The van der Waals surface area contributed by atoms with Crippen LogP contribution < -0.4 is 5.32 Å². The third-order valence-corrected chi connectivity index (χ3v) is 4.39. The van der Waals surface area contributed by atoms with Gasteiger partial charge in [0, 0.05) is 18.7 Å². The Labute approximate surface area is 122 Å². The summed E-state index contributed by atoms with van der Waals surface area (Å²) in [6.45, 7) is 5.15. The molecule has 5 nitrogen and oxygen atoms in total. The number of benzene rings is 1. The molecule has 110 valence electrons. The monoisotopic (exact) mass is 288 g/mol. The normalized spacial score (nSPS) is 25.4. The Morgan fingerprint density at radius 1 is 1.19 bits per heavy atom. The van der Waals surface area contributed by atoms with E-state index < -0.39 is 0 Å². The van der Waals surface area contributed by atoms with E-state index in [1.807, 2.05) is 0 Å². The highest BCUT2D eigenvalue weighted by Gasteiger charge is 2.36. The van der Waals surface area contributed by atoms with E-state index in [0.717, 1.165) is 50.1 Å². The quantitative estimate of drug-likeness (QED) is 0.928. The van der Waals surface area contributed by atoms with Crippen molar-refractivity contribution in [3.05, 3.63) is 35.9 Å². The number of fused-ring (bicyclic) bond motifs is 1. The molecule has 21 heavy (non-hydrogen) atoms. The average Bonchev–Trinajstić information content (AvgIpc) is 3.16. The molecule has 3 heterocycles. The summed E-state index contributed by atoms with van der Waals surface area (Å²) in [7, 11) is 0. The van der Waals surface area contributed by atoms with Gasteiger partial charge in [0.25, 0.3) is 5.89 Å². The lowest BCUT2D eigenvalue weighted by molar-refractivity contribution is 0.291. The average molecular weight is 288 g/mol. The Kier molecular flexibility index (Phi) is 3.20. The lowest BCUT2D eigenvalue weighted by Crippen LogP contribution is -2.25. The molecule has 6 heteroatoms. The molecule has 2 aliphatic heterocycles. The van der Waals surface area contributed by atoms with Crippen molar-refractivity contribution in [2.75, 3.05) is 26.2 Å². The maximum atomic E-state index is 12.9. The van der Waals surface area contributed by atoms with E-state index in [1.54, 1.807) is 12.1 Å². The van der Waals surface area contributed by atoms with Crippen molar-refractivity contribution in [2.24, 2.45) is 11.8 Å². The zero-order chi connectivity index (χ0) is 14.2. The molecule has 4 rings (SSSR count). The van der Waals surface area contributed by atoms with Crippen molar-refractivity contribution in [3.63, 3.8) is 0 Å². The molecule has 0 unspecified atom stereocenters. The summed E-state index contributed by atoms with van der Waals surface area (Å²) < 4.78 is 18.2. The van der Waals surface area contributed by atoms with Crippen molar-refractivity contribution >= 4 is 0 Å². The van der Waals surface area contributed by atoms with Crippen molar-refractivity contribution in [3.8, 4) is 11.5 Å². The zero-order valence-electron chi connectivity index (χ0n) is 11.6. The predicted octanol–water partition coefficient (Wildman–Crippen LogP) is 1.53. The molecule has 1 N–H and O–H groups in total. The van der Waals surface area contributed by atoms with Gasteiger partial charge in [0.15, 0.2) is 5.82 Å². The van der Waals surface area contributed by atoms with Crippen LogP contribution in [0, 0.1) is 17.7 Å². The minimum Gasteiger partial charge on any atom is -0.334 e. The first kappa shape index (κ1) is 12.9. The largest absolute Gasteiger partial charge is 0.334 e. The van der Waals surface area contributed by atoms with Crippen LogP contribution in [0.1, 0.15) is 5.82 Å². The third-order valence-electron chi connectivity index (χ3n) is 4.39. The molecule has 0 amide bonds. The maximum absolute atomic E-state index is 12.9. The second-order valence-corrected chi connectivity index (χ2v) is 5.90. The number of hydrogen-bond acceptors (Lipinski definition) is 5. The first-order valence-electron chi connectivity index (χ1n) is 7.29. The van der Waals surface area contributed by atoms with E-state index in [4.69, 9.17) is 4.52 Å². The van der Waals surface area contributed by atoms with Crippen molar-refractivity contribution in [1.82, 2.24) is 20.4 Å². The van der Waals surface area contributed by atoms with Gasteiger partial charge in [0.1, 0.15) is 5.82 Å². The number of halogens is 1. The Morgan fingerprint density at radius 2 is 1.90 bits per heavy atom. The number of rotatable bonds is 3. The molecule has 2 aromatic rings. The van der Waals surface area contributed by atoms with Crippen LogP contribution in [0.25, 0.3) is 11.5 Å². The number of nitrogens with one attached hydrogen (secondary N) is 1. The Balaban J connectivity index is 1.44. The van der Waals surface area contributed by atoms with Crippen molar-refractivity contribution in [1.29, 1.82) is 0 Å². The molecule has 2 atom stereocenters. The Hall–Kier alpha value is -1.79. The summed E-state index contributed by atoms with van der Waals surface area (Å²) in [4.78, 5) is 6.79. The minimum absolute atomic E-state index is 0.268. The number of hydrogen-bond donors (Lipinski definition) is 1. The smallest absolute Gasteiger partial charge is 0.257 e. The van der Waals surface area contributed by atoms with Gasteiger partial charge in [-0.25, -0.2) is 4.39 Å². The van der Waals surface area contributed by atoms with Gasteiger partial charge in [-0.3, -0.25) is 4.90 Å². The van der Waals surface area contributed by atoms with Crippen LogP contribution >= 0.6 is 0 Å². The summed E-state index contributed by atoms with van der Waals surface area (Å²) in [5.41, 5.74) is 0.748. The summed E-state index contributed by atoms with van der Waals surface area (Å²) in [6, 6.07) is 6.10. The van der Waals surface area contributed by atoms with Crippen LogP contribution in [-0.4, -0.2) is 41.2 Å². The standard InChI is InChI=1S/C15H17FN4O/c16-13-3-1-10(2-4-13)15-18-14(19-21-15)9-20-7-11-5-17-6-12(11)8-20/h1-4,11-12,17H,5-9H2/t11-,12+. The van der Waals surface area contributed by atoms with E-state index in [9.17, 15) is 4.39 Å². The number of likely N-dealkylation sites (tertiary alicyclic amines) is 1. The lowest BCUT2D eigenvalue weighted by Gasteiger charge is -2.13. The second-order valence-electron chi connectivity index (χ2n) is 5.90. The summed E-state index contributed by atoms with van der Waals surface area (Å²) in [6.07, 6.45) is 0. The van der Waals surface area contributed by atoms with Crippen LogP contribution in [0.2, 0.25) is 0 Å². The molecule has 1 aromatic carbocycles. The molecular formula is C15H17FN4O. The van der Waals surface area contributed by atoms with Gasteiger partial charge < -0.3 is 9.84 Å². The van der Waals surface area contributed by atoms with Crippen LogP contribution in [0.4, 0.5) is 4.39 Å². The number of aromatic nitrogens is 2. The van der Waals surface area contributed by atoms with Crippen LogP contribution in [-0.2, 0) is 6.54 Å².